The van der Waals surface area contributed by atoms with Crippen molar-refractivity contribution in [2.75, 3.05) is 6.61 Å². The van der Waals surface area contributed by atoms with E-state index in [1.165, 1.54) is 0 Å². The number of rotatable bonds is 6. The number of carbonyl (C=O) groups is 1. The number of carbonyl (C=O) groups excluding carboxylic acids is 1. The van der Waals surface area contributed by atoms with Crippen molar-refractivity contribution in [3.05, 3.63) is 71.3 Å². The lowest BCUT2D eigenvalue weighted by molar-refractivity contribution is -0.138. The van der Waals surface area contributed by atoms with Gasteiger partial charge < -0.3 is 20.1 Å². The summed E-state index contributed by atoms with van der Waals surface area (Å²) in [5.41, 5.74) is 2.81. The highest BCUT2D eigenvalue weighted by Crippen LogP contribution is 2.36. The largest absolute Gasteiger partial charge is 0.491 e. The van der Waals surface area contributed by atoms with Gasteiger partial charge in [0.2, 0.25) is 0 Å². The molecule has 1 atom stereocenters. The van der Waals surface area contributed by atoms with Crippen LogP contribution in [0.4, 0.5) is 0 Å². The Hall–Kier alpha value is -2.86. The summed E-state index contributed by atoms with van der Waals surface area (Å²) in [5, 5.41) is 6.80. The molecule has 0 bridgehead atoms. The van der Waals surface area contributed by atoms with E-state index in [1.807, 2.05) is 68.4 Å². The molecule has 1 heterocycles. The molecule has 5 nitrogen and oxygen atoms in total. The van der Waals surface area contributed by atoms with E-state index < -0.39 is 12.0 Å². The predicted molar refractivity (Wildman–Crippen MR) is 114 cm³/mol. The van der Waals surface area contributed by atoms with Crippen LogP contribution in [0.1, 0.15) is 37.9 Å². The number of ether oxygens (including phenoxy) is 2. The van der Waals surface area contributed by atoms with E-state index in [1.54, 1.807) is 6.92 Å². The Kier molecular flexibility index (Phi) is 6.31. The average molecular weight is 397 g/mol. The van der Waals surface area contributed by atoms with E-state index in [0.717, 1.165) is 11.1 Å². The average Bonchev–Trinajstić information content (AvgIpc) is 2.68. The van der Waals surface area contributed by atoms with Crippen LogP contribution in [-0.4, -0.2) is 23.8 Å². The molecule has 0 amide bonds. The van der Waals surface area contributed by atoms with Crippen molar-refractivity contribution in [2.45, 2.75) is 32.9 Å². The normalized spacial score (nSPS) is 16.4. The monoisotopic (exact) mass is 396 g/mol. The maximum Gasteiger partial charge on any atom is 0.338 e. The fourth-order valence-corrected chi connectivity index (χ4v) is 3.36. The SMILES string of the molecule is CCOC(=O)C1=C(c2ccccc2)NC(=S)N[C@H]1c1ccccc1OC(C)C. The molecule has 6 heteroatoms. The van der Waals surface area contributed by atoms with E-state index in [-0.39, 0.29) is 12.7 Å². The Morgan fingerprint density at radius 1 is 1.11 bits per heavy atom. The lowest BCUT2D eigenvalue weighted by Crippen LogP contribution is -2.45. The minimum Gasteiger partial charge on any atom is -0.491 e. The topological polar surface area (TPSA) is 59.6 Å². The van der Waals surface area contributed by atoms with E-state index in [2.05, 4.69) is 10.6 Å². The van der Waals surface area contributed by atoms with Crippen molar-refractivity contribution in [1.82, 2.24) is 10.6 Å². The molecule has 0 spiro atoms. The van der Waals surface area contributed by atoms with Gasteiger partial charge in [-0.2, -0.15) is 0 Å². The van der Waals surface area contributed by atoms with Crippen LogP contribution in [-0.2, 0) is 9.53 Å². The fraction of sp³-hybridized carbons (Fsp3) is 0.273. The number of thiocarbonyl (C=S) groups is 1. The zero-order chi connectivity index (χ0) is 20.1. The lowest BCUT2D eigenvalue weighted by Gasteiger charge is -2.32. The van der Waals surface area contributed by atoms with Gasteiger partial charge in [-0.1, -0.05) is 48.5 Å². The predicted octanol–water partition coefficient (Wildman–Crippen LogP) is 3.97. The second-order valence-electron chi connectivity index (χ2n) is 6.61. The Balaban J connectivity index is 2.18. The molecule has 0 saturated heterocycles. The minimum absolute atomic E-state index is 0.00145. The molecule has 2 aromatic carbocycles. The van der Waals surface area contributed by atoms with Crippen molar-refractivity contribution in [2.24, 2.45) is 0 Å². The van der Waals surface area contributed by atoms with Crippen LogP contribution < -0.4 is 15.4 Å². The molecule has 0 radical (unpaired) electrons. The summed E-state index contributed by atoms with van der Waals surface area (Å²) in [6, 6.07) is 16.8. The van der Waals surface area contributed by atoms with Gasteiger partial charge in [0.25, 0.3) is 0 Å². The molecule has 2 aromatic rings. The van der Waals surface area contributed by atoms with Crippen LogP contribution in [0.15, 0.2) is 60.2 Å². The highest BCUT2D eigenvalue weighted by Gasteiger charge is 2.34. The smallest absolute Gasteiger partial charge is 0.338 e. The third-order valence-corrected chi connectivity index (χ3v) is 4.44. The molecule has 0 aromatic heterocycles. The Bertz CT molecular complexity index is 894. The molecule has 0 unspecified atom stereocenters. The number of esters is 1. The third kappa shape index (κ3) is 4.34. The molecular formula is C22H24N2O3S. The van der Waals surface area contributed by atoms with E-state index in [4.69, 9.17) is 21.7 Å². The number of hydrogen-bond donors (Lipinski definition) is 2. The standard InChI is InChI=1S/C22H24N2O3S/c1-4-26-21(25)18-19(15-10-6-5-7-11-15)23-22(28)24-20(18)16-12-8-9-13-17(16)27-14(2)3/h5-14,20H,4H2,1-3H3,(H2,23,24,28)/t20-/m0/s1. The van der Waals surface area contributed by atoms with Gasteiger partial charge in [0.05, 0.1) is 30.0 Å². The minimum atomic E-state index is -0.488. The Labute approximate surface area is 170 Å². The van der Waals surface area contributed by atoms with Crippen LogP contribution in [0.5, 0.6) is 5.75 Å². The number of nitrogens with one attached hydrogen (secondary N) is 2. The molecule has 1 aliphatic heterocycles. The summed E-state index contributed by atoms with van der Waals surface area (Å²) < 4.78 is 11.4. The molecular weight excluding hydrogens is 372 g/mol. The first-order valence-electron chi connectivity index (χ1n) is 9.31. The van der Waals surface area contributed by atoms with Gasteiger partial charge in [0.1, 0.15) is 5.75 Å². The van der Waals surface area contributed by atoms with Crippen molar-refractivity contribution >= 4 is 29.0 Å². The second kappa shape index (κ2) is 8.89. The summed E-state index contributed by atoms with van der Waals surface area (Å²) in [7, 11) is 0. The van der Waals surface area contributed by atoms with Crippen LogP contribution in [0, 0.1) is 0 Å². The van der Waals surface area contributed by atoms with E-state index in [0.29, 0.717) is 22.1 Å². The highest BCUT2D eigenvalue weighted by atomic mass is 32.1. The summed E-state index contributed by atoms with van der Waals surface area (Å²) in [5.74, 6) is 0.308. The van der Waals surface area contributed by atoms with Gasteiger partial charge >= 0.3 is 5.97 Å². The number of hydrogen-bond acceptors (Lipinski definition) is 4. The fourth-order valence-electron chi connectivity index (χ4n) is 3.14. The Morgan fingerprint density at radius 3 is 2.46 bits per heavy atom. The first kappa shape index (κ1) is 19.9. The number of benzene rings is 2. The van der Waals surface area contributed by atoms with Crippen LogP contribution >= 0.6 is 12.2 Å². The second-order valence-corrected chi connectivity index (χ2v) is 7.02. The lowest BCUT2D eigenvalue weighted by atomic mass is 9.92. The molecule has 28 heavy (non-hydrogen) atoms. The maximum atomic E-state index is 13.0. The number of para-hydroxylation sites is 1. The van der Waals surface area contributed by atoms with Gasteiger partial charge in [0, 0.05) is 5.56 Å². The van der Waals surface area contributed by atoms with E-state index in [9.17, 15) is 4.79 Å². The molecule has 146 valence electrons. The summed E-state index contributed by atoms with van der Waals surface area (Å²) >= 11 is 5.45. The van der Waals surface area contributed by atoms with Crippen LogP contribution in [0.25, 0.3) is 5.70 Å². The van der Waals surface area contributed by atoms with Gasteiger partial charge in [-0.25, -0.2) is 4.79 Å². The van der Waals surface area contributed by atoms with Crippen molar-refractivity contribution in [1.29, 1.82) is 0 Å². The van der Waals surface area contributed by atoms with Gasteiger partial charge in [-0.3, -0.25) is 0 Å². The van der Waals surface area contributed by atoms with Crippen molar-refractivity contribution in [3.63, 3.8) is 0 Å². The quantitative estimate of drug-likeness (QED) is 0.569. The zero-order valence-corrected chi connectivity index (χ0v) is 17.0. The highest BCUT2D eigenvalue weighted by molar-refractivity contribution is 7.80. The molecule has 2 N–H and O–H groups in total. The van der Waals surface area contributed by atoms with Crippen LogP contribution in [0.3, 0.4) is 0 Å². The molecule has 3 rings (SSSR count). The van der Waals surface area contributed by atoms with Gasteiger partial charge in [-0.15, -0.1) is 0 Å². The van der Waals surface area contributed by atoms with Crippen molar-refractivity contribution < 1.29 is 14.3 Å². The van der Waals surface area contributed by atoms with E-state index >= 15 is 0 Å². The van der Waals surface area contributed by atoms with Crippen molar-refractivity contribution in [3.8, 4) is 5.75 Å². The summed E-state index contributed by atoms with van der Waals surface area (Å²) in [6.07, 6.45) is -0.00145. The first-order chi connectivity index (χ1) is 13.5. The summed E-state index contributed by atoms with van der Waals surface area (Å²) in [4.78, 5) is 13.0. The van der Waals surface area contributed by atoms with Crippen LogP contribution in [0.2, 0.25) is 0 Å². The first-order valence-corrected chi connectivity index (χ1v) is 9.71. The molecule has 0 saturated carbocycles. The zero-order valence-electron chi connectivity index (χ0n) is 16.2. The third-order valence-electron chi connectivity index (χ3n) is 4.22. The van der Waals surface area contributed by atoms with Gasteiger partial charge in [0.15, 0.2) is 5.11 Å². The summed E-state index contributed by atoms with van der Waals surface area (Å²) in [6.45, 7) is 6.01. The molecule has 0 fully saturated rings. The Morgan fingerprint density at radius 2 is 1.79 bits per heavy atom. The molecule has 0 aliphatic carbocycles. The molecule has 1 aliphatic rings. The van der Waals surface area contributed by atoms with Gasteiger partial charge in [-0.05, 0) is 44.6 Å². The maximum absolute atomic E-state index is 13.0.